The minimum Gasteiger partial charge on any atom is -0.462 e. The lowest BCUT2D eigenvalue weighted by atomic mass is 10.2. The zero-order chi connectivity index (χ0) is 13.8. The molecule has 0 unspecified atom stereocenters. The number of nitrogens with one attached hydrogen (secondary N) is 1. The lowest BCUT2D eigenvalue weighted by Gasteiger charge is -2.07. The number of anilines is 1. The molecule has 19 heavy (non-hydrogen) atoms. The average molecular weight is 279 g/mol. The van der Waals surface area contributed by atoms with Gasteiger partial charge in [-0.25, -0.2) is 14.8 Å². The standard InChI is InChI=1S/C11H13N5O2S/c1-3-18-10(17)7-4-5-13-9(8(7)12)19-11-14-6(2)15-16-11/h4-5H,3,12H2,1-2H3,(H,14,15,16). The number of hydrogen-bond acceptors (Lipinski definition) is 7. The molecule has 0 aliphatic rings. The van der Waals surface area contributed by atoms with Crippen molar-refractivity contribution >= 4 is 23.4 Å². The van der Waals surface area contributed by atoms with Gasteiger partial charge in [0.15, 0.2) is 0 Å². The van der Waals surface area contributed by atoms with Crippen LogP contribution in [0.1, 0.15) is 23.1 Å². The number of aromatic nitrogens is 4. The molecule has 0 aliphatic carbocycles. The fourth-order valence-electron chi connectivity index (χ4n) is 1.38. The molecule has 0 radical (unpaired) electrons. The van der Waals surface area contributed by atoms with Crippen molar-refractivity contribution in [2.75, 3.05) is 12.3 Å². The zero-order valence-electron chi connectivity index (χ0n) is 10.5. The number of carbonyl (C=O) groups excluding carboxylic acids is 1. The van der Waals surface area contributed by atoms with E-state index in [9.17, 15) is 4.79 Å². The van der Waals surface area contributed by atoms with Crippen LogP contribution < -0.4 is 5.73 Å². The highest BCUT2D eigenvalue weighted by atomic mass is 32.2. The molecule has 3 N–H and O–H groups in total. The van der Waals surface area contributed by atoms with Crippen LogP contribution in [0.3, 0.4) is 0 Å². The fourth-order valence-corrected chi connectivity index (χ4v) is 2.16. The number of rotatable bonds is 4. The Morgan fingerprint density at radius 3 is 3.00 bits per heavy atom. The van der Waals surface area contributed by atoms with Crippen molar-refractivity contribution < 1.29 is 9.53 Å². The molecular weight excluding hydrogens is 266 g/mol. The molecule has 0 aromatic carbocycles. The van der Waals surface area contributed by atoms with Crippen molar-refractivity contribution in [1.82, 2.24) is 20.2 Å². The molecule has 0 amide bonds. The van der Waals surface area contributed by atoms with Gasteiger partial charge < -0.3 is 10.5 Å². The van der Waals surface area contributed by atoms with E-state index in [1.54, 1.807) is 13.8 Å². The van der Waals surface area contributed by atoms with E-state index in [0.717, 1.165) is 0 Å². The number of aromatic amines is 1. The Balaban J connectivity index is 2.27. The second-order valence-corrected chi connectivity index (χ2v) is 4.56. The molecule has 0 fully saturated rings. The number of esters is 1. The van der Waals surface area contributed by atoms with Crippen LogP contribution in [0, 0.1) is 6.92 Å². The van der Waals surface area contributed by atoms with Crippen LogP contribution in [0.15, 0.2) is 22.4 Å². The maximum absolute atomic E-state index is 11.7. The summed E-state index contributed by atoms with van der Waals surface area (Å²) in [7, 11) is 0. The van der Waals surface area contributed by atoms with Gasteiger partial charge in [0.05, 0.1) is 17.9 Å². The van der Waals surface area contributed by atoms with Gasteiger partial charge in [0.1, 0.15) is 10.9 Å². The highest BCUT2D eigenvalue weighted by Gasteiger charge is 2.16. The monoisotopic (exact) mass is 279 g/mol. The van der Waals surface area contributed by atoms with Crippen LogP contribution in [-0.4, -0.2) is 32.7 Å². The minimum atomic E-state index is -0.463. The van der Waals surface area contributed by atoms with E-state index in [2.05, 4.69) is 20.2 Å². The predicted octanol–water partition coefficient (Wildman–Crippen LogP) is 1.42. The quantitative estimate of drug-likeness (QED) is 0.815. The second kappa shape index (κ2) is 5.70. The summed E-state index contributed by atoms with van der Waals surface area (Å²) < 4.78 is 4.92. The van der Waals surface area contributed by atoms with Gasteiger partial charge in [0.25, 0.3) is 0 Å². The van der Waals surface area contributed by atoms with E-state index in [1.165, 1.54) is 24.0 Å². The van der Waals surface area contributed by atoms with E-state index in [0.29, 0.717) is 28.2 Å². The number of H-pyrrole nitrogens is 1. The molecule has 2 aromatic rings. The molecule has 0 atom stereocenters. The van der Waals surface area contributed by atoms with E-state index < -0.39 is 5.97 Å². The van der Waals surface area contributed by atoms with Gasteiger partial charge in [-0.3, -0.25) is 5.10 Å². The normalized spacial score (nSPS) is 10.4. The van der Waals surface area contributed by atoms with Crippen molar-refractivity contribution in [3.05, 3.63) is 23.7 Å². The van der Waals surface area contributed by atoms with Gasteiger partial charge in [0.2, 0.25) is 5.16 Å². The number of nitrogens with zero attached hydrogens (tertiary/aromatic N) is 3. The SMILES string of the molecule is CCOC(=O)c1ccnc(Sc2n[nH]c(C)n2)c1N. The van der Waals surface area contributed by atoms with Gasteiger partial charge in [-0.15, -0.1) is 5.10 Å². The Bertz CT molecular complexity index is 599. The Morgan fingerprint density at radius 2 is 2.37 bits per heavy atom. The molecule has 2 heterocycles. The van der Waals surface area contributed by atoms with Gasteiger partial charge in [-0.1, -0.05) is 0 Å². The maximum atomic E-state index is 11.7. The molecule has 0 bridgehead atoms. The Hall–Kier alpha value is -2.09. The van der Waals surface area contributed by atoms with Crippen LogP contribution in [-0.2, 0) is 4.74 Å². The number of ether oxygens (including phenoxy) is 1. The van der Waals surface area contributed by atoms with Gasteiger partial charge in [-0.2, -0.15) is 0 Å². The third-order valence-corrected chi connectivity index (χ3v) is 3.10. The number of nitrogens with two attached hydrogens (primary N) is 1. The van der Waals surface area contributed by atoms with Gasteiger partial charge in [0, 0.05) is 6.20 Å². The van der Waals surface area contributed by atoms with E-state index in [4.69, 9.17) is 10.5 Å². The molecule has 8 heteroatoms. The third-order valence-electron chi connectivity index (χ3n) is 2.21. The topological polar surface area (TPSA) is 107 Å². The molecule has 0 saturated heterocycles. The third kappa shape index (κ3) is 3.02. The van der Waals surface area contributed by atoms with Crippen LogP contribution in [0.5, 0.6) is 0 Å². The van der Waals surface area contributed by atoms with Crippen molar-refractivity contribution in [3.63, 3.8) is 0 Å². The van der Waals surface area contributed by atoms with Crippen molar-refractivity contribution in [2.24, 2.45) is 0 Å². The number of carbonyl (C=O) groups is 1. The number of pyridine rings is 1. The Labute approximate surface area is 114 Å². The number of aryl methyl sites for hydroxylation is 1. The molecule has 7 nitrogen and oxygen atoms in total. The zero-order valence-corrected chi connectivity index (χ0v) is 11.3. The lowest BCUT2D eigenvalue weighted by molar-refractivity contribution is 0.0527. The molecule has 0 spiro atoms. The van der Waals surface area contributed by atoms with Crippen LogP contribution in [0.25, 0.3) is 0 Å². The lowest BCUT2D eigenvalue weighted by Crippen LogP contribution is -2.09. The summed E-state index contributed by atoms with van der Waals surface area (Å²) in [4.78, 5) is 20.0. The number of hydrogen-bond donors (Lipinski definition) is 2. The largest absolute Gasteiger partial charge is 0.462 e. The first-order valence-electron chi connectivity index (χ1n) is 5.60. The first kappa shape index (κ1) is 13.3. The fraction of sp³-hybridized carbons (Fsp3) is 0.273. The minimum absolute atomic E-state index is 0.272. The van der Waals surface area contributed by atoms with E-state index in [-0.39, 0.29) is 5.69 Å². The summed E-state index contributed by atoms with van der Waals surface area (Å²) in [5, 5.41) is 7.68. The Morgan fingerprint density at radius 1 is 1.58 bits per heavy atom. The highest BCUT2D eigenvalue weighted by Crippen LogP contribution is 2.29. The first-order chi connectivity index (χ1) is 9.11. The summed E-state index contributed by atoms with van der Waals surface area (Å²) in [6, 6.07) is 1.53. The van der Waals surface area contributed by atoms with Crippen molar-refractivity contribution in [3.8, 4) is 0 Å². The van der Waals surface area contributed by atoms with Gasteiger partial charge >= 0.3 is 5.97 Å². The highest BCUT2D eigenvalue weighted by molar-refractivity contribution is 7.99. The summed E-state index contributed by atoms with van der Waals surface area (Å²) in [6.45, 7) is 3.83. The number of nitrogen functional groups attached to an aromatic ring is 1. The van der Waals surface area contributed by atoms with Crippen LogP contribution in [0.2, 0.25) is 0 Å². The predicted molar refractivity (Wildman–Crippen MR) is 69.8 cm³/mol. The van der Waals surface area contributed by atoms with Crippen LogP contribution >= 0.6 is 11.8 Å². The summed E-state index contributed by atoms with van der Waals surface area (Å²) in [5.74, 6) is 0.234. The van der Waals surface area contributed by atoms with E-state index >= 15 is 0 Å². The first-order valence-corrected chi connectivity index (χ1v) is 6.42. The molecule has 2 rings (SSSR count). The second-order valence-electron chi connectivity index (χ2n) is 3.60. The molecular formula is C11H13N5O2S. The molecule has 0 saturated carbocycles. The summed E-state index contributed by atoms with van der Waals surface area (Å²) in [6.07, 6.45) is 1.50. The molecule has 2 aromatic heterocycles. The molecule has 100 valence electrons. The smallest absolute Gasteiger partial charge is 0.340 e. The van der Waals surface area contributed by atoms with Crippen molar-refractivity contribution in [2.45, 2.75) is 24.0 Å². The summed E-state index contributed by atoms with van der Waals surface area (Å²) >= 11 is 1.19. The summed E-state index contributed by atoms with van der Waals surface area (Å²) in [5.41, 5.74) is 6.49. The maximum Gasteiger partial charge on any atom is 0.340 e. The average Bonchev–Trinajstić information content (AvgIpc) is 2.78. The van der Waals surface area contributed by atoms with Gasteiger partial charge in [-0.05, 0) is 31.7 Å². The molecule has 0 aliphatic heterocycles. The van der Waals surface area contributed by atoms with E-state index in [1.807, 2.05) is 0 Å². The van der Waals surface area contributed by atoms with Crippen molar-refractivity contribution in [1.29, 1.82) is 0 Å². The van der Waals surface area contributed by atoms with Crippen LogP contribution in [0.4, 0.5) is 5.69 Å². The Kier molecular flexibility index (Phi) is 4.00.